The molecule has 14 heteroatoms. The van der Waals surface area contributed by atoms with E-state index in [2.05, 4.69) is 15.0 Å². The van der Waals surface area contributed by atoms with Gasteiger partial charge >= 0.3 is 18.5 Å². The maximum absolute atomic E-state index is 13.6. The minimum absolute atomic E-state index is 0.0499. The number of benzene rings is 2. The van der Waals surface area contributed by atoms with Crippen LogP contribution in [0.4, 0.5) is 45.2 Å². The third-order valence-electron chi connectivity index (χ3n) is 5.28. The van der Waals surface area contributed by atoms with Crippen LogP contribution in [0.2, 0.25) is 0 Å². The van der Waals surface area contributed by atoms with Gasteiger partial charge in [0.1, 0.15) is 0 Å². The van der Waals surface area contributed by atoms with Crippen molar-refractivity contribution in [3.63, 3.8) is 0 Å². The summed E-state index contributed by atoms with van der Waals surface area (Å²) in [4.78, 5) is 6.77. The van der Waals surface area contributed by atoms with Gasteiger partial charge in [-0.2, -0.15) is 44.5 Å². The van der Waals surface area contributed by atoms with Crippen LogP contribution in [0.15, 0.2) is 40.9 Å². The summed E-state index contributed by atoms with van der Waals surface area (Å²) in [5, 5.41) is 3.30. The normalized spacial score (nSPS) is 12.8. The van der Waals surface area contributed by atoms with Crippen LogP contribution in [0.1, 0.15) is 28.2 Å². The molecule has 2 aromatic heterocycles. The molecule has 0 fully saturated rings. The lowest BCUT2D eigenvalue weighted by Crippen LogP contribution is -2.11. The van der Waals surface area contributed by atoms with Crippen LogP contribution in [0.3, 0.4) is 0 Å². The highest BCUT2D eigenvalue weighted by molar-refractivity contribution is 5.90. The predicted octanol–water partition coefficient (Wildman–Crippen LogP) is 7.66. The van der Waals surface area contributed by atoms with Gasteiger partial charge in [0.05, 0.1) is 29.8 Å². The second kappa shape index (κ2) is 8.28. The highest BCUT2D eigenvalue weighted by Crippen LogP contribution is 2.42. The number of aromatic nitrogens is 3. The molecule has 2 aromatic carbocycles. The smallest absolute Gasteiger partial charge is 0.337 e. The van der Waals surface area contributed by atoms with Crippen molar-refractivity contribution in [2.75, 3.05) is 0 Å². The molecule has 0 aliphatic rings. The maximum atomic E-state index is 13.6. The maximum Gasteiger partial charge on any atom is 0.416 e. The molecule has 0 bridgehead atoms. The first-order valence-electron chi connectivity index (χ1n) is 9.79. The Morgan fingerprint density at radius 2 is 1.50 bits per heavy atom. The molecule has 0 saturated carbocycles. The number of rotatable bonds is 3. The average Bonchev–Trinajstić information content (AvgIpc) is 3.35. The third-order valence-corrected chi connectivity index (χ3v) is 5.28. The van der Waals surface area contributed by atoms with Gasteiger partial charge < -0.3 is 9.09 Å². The largest absolute Gasteiger partial charge is 0.416 e. The Hall–Kier alpha value is -4.02. The van der Waals surface area contributed by atoms with Crippen molar-refractivity contribution >= 4 is 16.6 Å². The summed E-state index contributed by atoms with van der Waals surface area (Å²) >= 11 is 0. The van der Waals surface area contributed by atoms with E-state index in [1.165, 1.54) is 23.6 Å². The van der Waals surface area contributed by atoms with Crippen LogP contribution in [0, 0.1) is 13.5 Å². The highest BCUT2D eigenvalue weighted by Gasteiger charge is 2.38. The molecule has 0 radical (unpaired) electrons. The van der Waals surface area contributed by atoms with E-state index in [9.17, 15) is 39.5 Å². The van der Waals surface area contributed by atoms with Crippen LogP contribution in [-0.2, 0) is 25.1 Å². The zero-order chi connectivity index (χ0) is 26.6. The molecule has 188 valence electrons. The van der Waals surface area contributed by atoms with Crippen molar-refractivity contribution in [2.45, 2.75) is 32.0 Å². The Labute approximate surface area is 195 Å². The summed E-state index contributed by atoms with van der Waals surface area (Å²) in [5.74, 6) is -0.846. The van der Waals surface area contributed by atoms with E-state index in [1.807, 2.05) is 0 Å². The minimum atomic E-state index is -5.08. The van der Waals surface area contributed by atoms with Gasteiger partial charge in [0.25, 0.3) is 5.89 Å². The fourth-order valence-electron chi connectivity index (χ4n) is 3.71. The lowest BCUT2D eigenvalue weighted by Gasteiger charge is -2.12. The van der Waals surface area contributed by atoms with E-state index >= 15 is 0 Å². The first-order valence-corrected chi connectivity index (χ1v) is 9.79. The lowest BCUT2D eigenvalue weighted by molar-refractivity contribution is -0.143. The molecular formula is C22H11F9N4O. The van der Waals surface area contributed by atoms with Gasteiger partial charge in [-0.1, -0.05) is 11.2 Å². The van der Waals surface area contributed by atoms with Crippen LogP contribution in [0.5, 0.6) is 0 Å². The predicted molar refractivity (Wildman–Crippen MR) is 107 cm³/mol. The third kappa shape index (κ3) is 4.60. The van der Waals surface area contributed by atoms with Crippen molar-refractivity contribution < 1.29 is 44.0 Å². The molecule has 0 spiro atoms. The molecule has 2 heterocycles. The molecule has 5 nitrogen and oxygen atoms in total. The minimum Gasteiger partial charge on any atom is -0.337 e. The fourth-order valence-corrected chi connectivity index (χ4v) is 3.71. The molecule has 0 unspecified atom stereocenters. The van der Waals surface area contributed by atoms with Crippen molar-refractivity contribution in [3.8, 4) is 11.5 Å². The zero-order valence-electron chi connectivity index (χ0n) is 17.8. The van der Waals surface area contributed by atoms with E-state index in [1.54, 1.807) is 0 Å². The van der Waals surface area contributed by atoms with Gasteiger partial charge in [0, 0.05) is 22.2 Å². The zero-order valence-corrected chi connectivity index (χ0v) is 17.8. The van der Waals surface area contributed by atoms with Crippen LogP contribution >= 0.6 is 0 Å². The van der Waals surface area contributed by atoms with Gasteiger partial charge in [-0.15, -0.1) is 0 Å². The highest BCUT2D eigenvalue weighted by atomic mass is 19.4. The van der Waals surface area contributed by atoms with Gasteiger partial charge in [-0.25, -0.2) is 4.85 Å². The Morgan fingerprint density at radius 3 is 2.03 bits per heavy atom. The van der Waals surface area contributed by atoms with E-state index < -0.39 is 52.4 Å². The Kier molecular flexibility index (Phi) is 5.77. The standard InChI is InChI=1S/C22H11F9N4O/c1-10-5-14-16(4-3-15(32-2)18(14)22(29,30)31)35(10)9-17-33-19(36-34-17)11-6-12(20(23,24)25)8-13(7-11)21(26,27)28/h3-8H,9H2,1H3. The monoisotopic (exact) mass is 518 g/mol. The average molecular weight is 518 g/mol. The number of alkyl halides is 9. The molecule has 0 saturated heterocycles. The molecule has 4 aromatic rings. The number of halogens is 9. The second-order valence-electron chi connectivity index (χ2n) is 7.68. The molecule has 0 aliphatic carbocycles. The summed E-state index contributed by atoms with van der Waals surface area (Å²) in [6.45, 7) is 8.18. The van der Waals surface area contributed by atoms with E-state index in [0.29, 0.717) is 17.8 Å². The quantitative estimate of drug-likeness (QED) is 0.207. The van der Waals surface area contributed by atoms with Crippen LogP contribution in [-0.4, -0.2) is 14.7 Å². The number of fused-ring (bicyclic) bond motifs is 1. The molecule has 0 amide bonds. The van der Waals surface area contributed by atoms with Crippen molar-refractivity contribution in [2.24, 2.45) is 0 Å². The number of hydrogen-bond acceptors (Lipinski definition) is 3. The van der Waals surface area contributed by atoms with Crippen LogP contribution < -0.4 is 0 Å². The topological polar surface area (TPSA) is 48.2 Å². The summed E-state index contributed by atoms with van der Waals surface area (Å²) in [7, 11) is 0. The van der Waals surface area contributed by atoms with Crippen LogP contribution in [0.25, 0.3) is 27.2 Å². The van der Waals surface area contributed by atoms with Gasteiger partial charge in [0.2, 0.25) is 0 Å². The van der Waals surface area contributed by atoms with E-state index in [-0.39, 0.29) is 29.3 Å². The van der Waals surface area contributed by atoms with Crippen molar-refractivity contribution in [3.05, 3.63) is 76.0 Å². The van der Waals surface area contributed by atoms with E-state index in [4.69, 9.17) is 11.1 Å². The summed E-state index contributed by atoms with van der Waals surface area (Å²) in [6.07, 6.45) is -15.0. The molecule has 0 atom stereocenters. The summed E-state index contributed by atoms with van der Waals surface area (Å²) in [6, 6.07) is 4.28. The fraction of sp³-hybridized carbons (Fsp3) is 0.227. The summed E-state index contributed by atoms with van der Waals surface area (Å²) < 4.78 is 126. The van der Waals surface area contributed by atoms with Gasteiger partial charge in [-0.3, -0.25) is 0 Å². The van der Waals surface area contributed by atoms with Crippen molar-refractivity contribution in [1.82, 2.24) is 14.7 Å². The number of hydrogen-bond donors (Lipinski definition) is 0. The number of aryl methyl sites for hydroxylation is 1. The molecule has 4 rings (SSSR count). The SMILES string of the molecule is [C-]#[N+]c1ccc2c(cc(C)n2Cc2noc(-c3cc(C(F)(F)F)cc(C(F)(F)F)c3)n2)c1C(F)(F)F. The lowest BCUT2D eigenvalue weighted by atomic mass is 10.0. The second-order valence-corrected chi connectivity index (χ2v) is 7.68. The molecule has 36 heavy (non-hydrogen) atoms. The first kappa shape index (κ1) is 25.1. The van der Waals surface area contributed by atoms with Gasteiger partial charge in [-0.05, 0) is 37.3 Å². The Bertz CT molecular complexity index is 1470. The van der Waals surface area contributed by atoms with Crippen molar-refractivity contribution in [1.29, 1.82) is 0 Å². The number of nitrogens with zero attached hydrogens (tertiary/aromatic N) is 4. The summed E-state index contributed by atoms with van der Waals surface area (Å²) in [5.41, 5.74) is -5.14. The Morgan fingerprint density at radius 1 is 0.889 bits per heavy atom. The first-order chi connectivity index (χ1) is 16.6. The molecule has 0 aliphatic heterocycles. The Balaban J connectivity index is 1.77. The molecular weight excluding hydrogens is 507 g/mol. The molecule has 0 N–H and O–H groups in total. The van der Waals surface area contributed by atoms with Gasteiger partial charge in [0.15, 0.2) is 11.5 Å². The van der Waals surface area contributed by atoms with E-state index in [0.717, 1.165) is 6.07 Å².